The van der Waals surface area contributed by atoms with Crippen molar-refractivity contribution in [3.8, 4) is 11.5 Å². The molecule has 1 atom stereocenters. The lowest BCUT2D eigenvalue weighted by Crippen LogP contribution is -2.40. The number of nitrogens with zero attached hydrogens (tertiary/aromatic N) is 2. The third-order valence-corrected chi connectivity index (χ3v) is 8.29. The highest BCUT2D eigenvalue weighted by Gasteiger charge is 2.34. The first-order chi connectivity index (χ1) is 20.2. The van der Waals surface area contributed by atoms with E-state index in [9.17, 15) is 9.59 Å². The van der Waals surface area contributed by atoms with E-state index in [0.717, 1.165) is 5.56 Å². The molecular weight excluding hydrogens is 595 g/mol. The normalized spacial score (nSPS) is 14.9. The van der Waals surface area contributed by atoms with Gasteiger partial charge in [-0.05, 0) is 67.8 Å². The zero-order valence-electron chi connectivity index (χ0n) is 23.4. The summed E-state index contributed by atoms with van der Waals surface area (Å²) in [5.41, 5.74) is 2.80. The molecule has 1 unspecified atom stereocenters. The van der Waals surface area contributed by atoms with Gasteiger partial charge in [0.1, 0.15) is 6.61 Å². The Morgan fingerprint density at radius 3 is 2.50 bits per heavy atom. The molecule has 7 nitrogen and oxygen atoms in total. The van der Waals surface area contributed by atoms with Gasteiger partial charge in [-0.3, -0.25) is 9.36 Å². The van der Waals surface area contributed by atoms with Crippen molar-refractivity contribution in [1.29, 1.82) is 0 Å². The van der Waals surface area contributed by atoms with E-state index >= 15 is 0 Å². The summed E-state index contributed by atoms with van der Waals surface area (Å²) in [6.45, 7) is 5.65. The molecule has 1 aromatic heterocycles. The molecule has 0 bridgehead atoms. The molecule has 0 aliphatic carbocycles. The number of benzene rings is 3. The molecule has 0 N–H and O–H groups in total. The molecule has 0 fully saturated rings. The fraction of sp³-hybridized carbons (Fsp3) is 0.219. The van der Waals surface area contributed by atoms with Crippen LogP contribution in [0.5, 0.6) is 11.5 Å². The third-order valence-electron chi connectivity index (χ3n) is 6.57. The van der Waals surface area contributed by atoms with E-state index in [2.05, 4.69) is 4.99 Å². The lowest BCUT2D eigenvalue weighted by Gasteiger charge is -2.26. The van der Waals surface area contributed by atoms with Crippen LogP contribution in [0.15, 0.2) is 87.8 Å². The molecule has 10 heteroatoms. The van der Waals surface area contributed by atoms with E-state index in [0.29, 0.717) is 54.3 Å². The summed E-state index contributed by atoms with van der Waals surface area (Å²) in [6, 6.07) is 19.5. The van der Waals surface area contributed by atoms with Crippen LogP contribution in [0.4, 0.5) is 0 Å². The van der Waals surface area contributed by atoms with Gasteiger partial charge in [0, 0.05) is 0 Å². The number of methoxy groups -OCH3 is 1. The number of hydrogen-bond acceptors (Lipinski definition) is 7. The topological polar surface area (TPSA) is 79.1 Å². The van der Waals surface area contributed by atoms with Gasteiger partial charge in [-0.2, -0.15) is 0 Å². The number of halogens is 2. The van der Waals surface area contributed by atoms with Crippen LogP contribution >= 0.6 is 34.5 Å². The van der Waals surface area contributed by atoms with Crippen LogP contribution in [0.1, 0.15) is 43.5 Å². The number of carbonyl (C=O) groups excluding carboxylic acids is 1. The zero-order chi connectivity index (χ0) is 30.0. The quantitative estimate of drug-likeness (QED) is 0.223. The molecule has 216 valence electrons. The lowest BCUT2D eigenvalue weighted by atomic mass is 9.95. The largest absolute Gasteiger partial charge is 0.493 e. The highest BCUT2D eigenvalue weighted by Crippen LogP contribution is 2.36. The first kappa shape index (κ1) is 29.6. The van der Waals surface area contributed by atoms with Gasteiger partial charge in [0.25, 0.3) is 5.56 Å². The van der Waals surface area contributed by atoms with Crippen molar-refractivity contribution in [2.24, 2.45) is 4.99 Å². The first-order valence-corrected chi connectivity index (χ1v) is 14.8. The SMILES string of the molecule is COc1cc(C2C(C(=O)OC(C)C)=C(C)N=c3s/c(=C\c4ccc(Cl)c(Cl)c4)c(=O)n32)ccc1OCc1ccccc1. The number of aromatic nitrogens is 1. The van der Waals surface area contributed by atoms with Crippen LogP contribution in [-0.4, -0.2) is 23.8 Å². The van der Waals surface area contributed by atoms with Crippen LogP contribution < -0.4 is 24.4 Å². The molecule has 1 aliphatic rings. The Balaban J connectivity index is 1.63. The maximum Gasteiger partial charge on any atom is 0.338 e. The molecule has 0 saturated heterocycles. The first-order valence-electron chi connectivity index (χ1n) is 13.2. The molecule has 0 radical (unpaired) electrons. The Kier molecular flexibility index (Phi) is 8.87. The van der Waals surface area contributed by atoms with Crippen molar-refractivity contribution < 1.29 is 19.0 Å². The smallest absolute Gasteiger partial charge is 0.338 e. The number of rotatable bonds is 8. The maximum absolute atomic E-state index is 13.9. The van der Waals surface area contributed by atoms with Crippen molar-refractivity contribution in [2.45, 2.75) is 39.5 Å². The van der Waals surface area contributed by atoms with E-state index in [-0.39, 0.29) is 17.2 Å². The summed E-state index contributed by atoms with van der Waals surface area (Å²) in [5, 5.41) is 0.802. The standard InChI is InChI=1S/C32H28Cl2N2O5S/c1-18(2)41-31(38)28-19(3)35-32-36(30(37)27(42-32)15-21-10-12-23(33)24(34)14-21)29(28)22-11-13-25(26(16-22)39-4)40-17-20-8-6-5-7-9-20/h5-16,18,29H,17H2,1-4H3/b27-15-. The Labute approximate surface area is 256 Å². The number of ether oxygens (including phenoxy) is 3. The molecule has 4 aromatic rings. The summed E-state index contributed by atoms with van der Waals surface area (Å²) in [5.74, 6) is 0.454. The van der Waals surface area contributed by atoms with E-state index in [4.69, 9.17) is 37.4 Å². The van der Waals surface area contributed by atoms with E-state index < -0.39 is 12.0 Å². The Morgan fingerprint density at radius 2 is 1.81 bits per heavy atom. The summed E-state index contributed by atoms with van der Waals surface area (Å²) < 4.78 is 19.3. The van der Waals surface area contributed by atoms with Gasteiger partial charge in [-0.15, -0.1) is 0 Å². The van der Waals surface area contributed by atoms with Gasteiger partial charge in [0.05, 0.1) is 45.1 Å². The Bertz CT molecular complexity index is 1860. The summed E-state index contributed by atoms with van der Waals surface area (Å²) in [7, 11) is 1.55. The molecule has 5 rings (SSSR count). The van der Waals surface area contributed by atoms with E-state index in [1.807, 2.05) is 36.4 Å². The predicted molar refractivity (Wildman–Crippen MR) is 165 cm³/mol. The predicted octanol–water partition coefficient (Wildman–Crippen LogP) is 6.08. The van der Waals surface area contributed by atoms with Crippen LogP contribution in [0.3, 0.4) is 0 Å². The van der Waals surface area contributed by atoms with Gasteiger partial charge in [-0.1, -0.05) is 77.0 Å². The Hall–Kier alpha value is -3.85. The highest BCUT2D eigenvalue weighted by molar-refractivity contribution is 7.07. The molecule has 1 aliphatic heterocycles. The zero-order valence-corrected chi connectivity index (χ0v) is 25.7. The van der Waals surface area contributed by atoms with Gasteiger partial charge in [0.15, 0.2) is 16.3 Å². The summed E-state index contributed by atoms with van der Waals surface area (Å²) in [4.78, 5) is 32.5. The van der Waals surface area contributed by atoms with Crippen molar-refractivity contribution in [3.63, 3.8) is 0 Å². The fourth-order valence-corrected chi connectivity index (χ4v) is 5.99. The second-order valence-corrected chi connectivity index (χ2v) is 11.7. The van der Waals surface area contributed by atoms with Crippen LogP contribution in [-0.2, 0) is 16.1 Å². The molecule has 42 heavy (non-hydrogen) atoms. The van der Waals surface area contributed by atoms with Crippen LogP contribution in [0.2, 0.25) is 10.0 Å². The molecular formula is C32H28Cl2N2O5S. The van der Waals surface area contributed by atoms with Gasteiger partial charge in [-0.25, -0.2) is 9.79 Å². The Morgan fingerprint density at radius 1 is 1.05 bits per heavy atom. The van der Waals surface area contributed by atoms with Crippen molar-refractivity contribution >= 4 is 46.6 Å². The third kappa shape index (κ3) is 6.16. The number of thiazole rings is 1. The summed E-state index contributed by atoms with van der Waals surface area (Å²) in [6.07, 6.45) is 1.37. The molecule has 0 amide bonds. The van der Waals surface area contributed by atoms with E-state index in [1.54, 1.807) is 64.3 Å². The molecule has 3 aromatic carbocycles. The van der Waals surface area contributed by atoms with Crippen molar-refractivity contribution in [3.05, 3.63) is 124 Å². The van der Waals surface area contributed by atoms with Gasteiger partial charge < -0.3 is 14.2 Å². The number of esters is 1. The van der Waals surface area contributed by atoms with Gasteiger partial charge >= 0.3 is 5.97 Å². The average Bonchev–Trinajstić information content (AvgIpc) is 3.27. The average molecular weight is 624 g/mol. The minimum Gasteiger partial charge on any atom is -0.493 e. The fourth-order valence-electron chi connectivity index (χ4n) is 4.64. The maximum atomic E-state index is 13.9. The van der Waals surface area contributed by atoms with E-state index in [1.165, 1.54) is 15.9 Å². The number of allylic oxidation sites excluding steroid dienone is 1. The number of fused-ring (bicyclic) bond motifs is 1. The summed E-state index contributed by atoms with van der Waals surface area (Å²) >= 11 is 13.5. The highest BCUT2D eigenvalue weighted by atomic mass is 35.5. The second kappa shape index (κ2) is 12.6. The number of carbonyl (C=O) groups is 1. The monoisotopic (exact) mass is 622 g/mol. The number of hydrogen-bond donors (Lipinski definition) is 0. The van der Waals surface area contributed by atoms with Crippen LogP contribution in [0.25, 0.3) is 6.08 Å². The van der Waals surface area contributed by atoms with Crippen molar-refractivity contribution in [1.82, 2.24) is 4.57 Å². The van der Waals surface area contributed by atoms with Gasteiger partial charge in [0.2, 0.25) is 0 Å². The van der Waals surface area contributed by atoms with Crippen LogP contribution in [0, 0.1) is 0 Å². The minimum atomic E-state index is -0.805. The molecule has 0 spiro atoms. The molecule has 0 saturated carbocycles. The second-order valence-electron chi connectivity index (χ2n) is 9.89. The minimum absolute atomic E-state index is 0.275. The van der Waals surface area contributed by atoms with Crippen molar-refractivity contribution in [2.75, 3.05) is 7.11 Å². The molecule has 2 heterocycles. The lowest BCUT2D eigenvalue weighted by molar-refractivity contribution is -0.143.